The fourth-order valence-electron chi connectivity index (χ4n) is 2.17. The van der Waals surface area contributed by atoms with Gasteiger partial charge in [0.15, 0.2) is 0 Å². The number of nitrogens with zero attached hydrogens (tertiary/aromatic N) is 5. The van der Waals surface area contributed by atoms with Crippen molar-refractivity contribution in [2.45, 2.75) is 6.54 Å². The normalized spacial score (nSPS) is 10.1. The summed E-state index contributed by atoms with van der Waals surface area (Å²) in [5.74, 6) is -0.253. The highest BCUT2D eigenvalue weighted by Gasteiger charge is 2.07. The van der Waals surface area contributed by atoms with E-state index in [-0.39, 0.29) is 11.6 Å². The van der Waals surface area contributed by atoms with Crippen LogP contribution >= 0.6 is 0 Å². The van der Waals surface area contributed by atoms with E-state index in [4.69, 9.17) is 5.26 Å². The highest BCUT2D eigenvalue weighted by Crippen LogP contribution is 2.14. The first-order chi connectivity index (χ1) is 11.8. The van der Waals surface area contributed by atoms with Crippen molar-refractivity contribution in [1.29, 1.82) is 5.26 Å². The number of hydrogen-bond donors (Lipinski definition) is 1. The van der Waals surface area contributed by atoms with Gasteiger partial charge in [-0.15, -0.1) is 5.10 Å². The predicted molar refractivity (Wildman–Crippen MR) is 86.7 cm³/mol. The Bertz CT molecular complexity index is 881. The van der Waals surface area contributed by atoms with Crippen molar-refractivity contribution in [3.05, 3.63) is 66.1 Å². The fraction of sp³-hybridized carbons (Fsp3) is 0.118. The minimum absolute atomic E-state index is 0.214. The molecule has 118 valence electrons. The standard InChI is InChI=1S/C17H14N6O/c18-11-15-10-14(6-7-19-15)17(24)20-8-9-23-12-16(21-22-23)13-4-2-1-3-5-13/h1-7,10,12H,8-9H2,(H,20,24). The summed E-state index contributed by atoms with van der Waals surface area (Å²) in [6.45, 7) is 0.905. The van der Waals surface area contributed by atoms with Crippen LogP contribution in [-0.2, 0) is 6.54 Å². The van der Waals surface area contributed by atoms with Crippen LogP contribution in [0.4, 0.5) is 0 Å². The maximum atomic E-state index is 12.0. The number of nitriles is 1. The summed E-state index contributed by atoms with van der Waals surface area (Å²) < 4.78 is 1.68. The van der Waals surface area contributed by atoms with Crippen LogP contribution in [0.5, 0.6) is 0 Å². The topological polar surface area (TPSA) is 96.5 Å². The molecule has 0 aliphatic rings. The van der Waals surface area contributed by atoms with Gasteiger partial charge in [-0.25, -0.2) is 4.98 Å². The van der Waals surface area contributed by atoms with E-state index in [1.165, 1.54) is 12.3 Å². The summed E-state index contributed by atoms with van der Waals surface area (Å²) in [5, 5.41) is 19.8. The molecule has 0 bridgehead atoms. The van der Waals surface area contributed by atoms with Gasteiger partial charge in [-0.05, 0) is 12.1 Å². The van der Waals surface area contributed by atoms with Crippen LogP contribution in [0.3, 0.4) is 0 Å². The number of hydrogen-bond acceptors (Lipinski definition) is 5. The van der Waals surface area contributed by atoms with E-state index in [9.17, 15) is 4.79 Å². The zero-order valence-electron chi connectivity index (χ0n) is 12.8. The highest BCUT2D eigenvalue weighted by molar-refractivity contribution is 5.94. The van der Waals surface area contributed by atoms with Crippen molar-refractivity contribution >= 4 is 5.91 Å². The summed E-state index contributed by atoms with van der Waals surface area (Å²) in [6.07, 6.45) is 3.28. The number of carbonyl (C=O) groups is 1. The second kappa shape index (κ2) is 7.15. The Labute approximate surface area is 138 Å². The number of benzene rings is 1. The van der Waals surface area contributed by atoms with E-state index in [2.05, 4.69) is 20.6 Å². The third-order valence-electron chi connectivity index (χ3n) is 3.37. The maximum Gasteiger partial charge on any atom is 0.251 e. The van der Waals surface area contributed by atoms with Gasteiger partial charge in [0.25, 0.3) is 5.91 Å². The molecule has 0 aliphatic carbocycles. The van der Waals surface area contributed by atoms with Gasteiger partial charge < -0.3 is 5.32 Å². The van der Waals surface area contributed by atoms with Gasteiger partial charge in [0, 0.05) is 23.9 Å². The molecule has 0 unspecified atom stereocenters. The summed E-state index contributed by atoms with van der Waals surface area (Å²) >= 11 is 0. The average Bonchev–Trinajstić information content (AvgIpc) is 3.11. The van der Waals surface area contributed by atoms with E-state index in [1.54, 1.807) is 10.7 Å². The maximum absolute atomic E-state index is 12.0. The zero-order chi connectivity index (χ0) is 16.8. The lowest BCUT2D eigenvalue weighted by Crippen LogP contribution is -2.27. The van der Waals surface area contributed by atoms with Crippen LogP contribution in [0.15, 0.2) is 54.9 Å². The Hall–Kier alpha value is -3.53. The molecule has 1 aromatic carbocycles. The lowest BCUT2D eigenvalue weighted by molar-refractivity contribution is 0.0951. The number of aromatic nitrogens is 4. The van der Waals surface area contributed by atoms with Crippen LogP contribution in [-0.4, -0.2) is 32.4 Å². The quantitative estimate of drug-likeness (QED) is 0.771. The van der Waals surface area contributed by atoms with Crippen molar-refractivity contribution in [2.75, 3.05) is 6.54 Å². The van der Waals surface area contributed by atoms with Gasteiger partial charge in [-0.1, -0.05) is 35.5 Å². The Morgan fingerprint density at radius 2 is 2.08 bits per heavy atom. The molecule has 0 atom stereocenters. The smallest absolute Gasteiger partial charge is 0.251 e. The molecule has 0 saturated heterocycles. The molecule has 24 heavy (non-hydrogen) atoms. The zero-order valence-corrected chi connectivity index (χ0v) is 12.8. The average molecular weight is 318 g/mol. The molecule has 0 aliphatic heterocycles. The summed E-state index contributed by atoms with van der Waals surface area (Å²) in [5.41, 5.74) is 2.40. The summed E-state index contributed by atoms with van der Waals surface area (Å²) in [6, 6.07) is 14.7. The lowest BCUT2D eigenvalue weighted by Gasteiger charge is -2.05. The van der Waals surface area contributed by atoms with E-state index in [0.29, 0.717) is 18.7 Å². The second-order valence-electron chi connectivity index (χ2n) is 5.03. The number of nitrogens with one attached hydrogen (secondary N) is 1. The molecule has 3 rings (SSSR count). The van der Waals surface area contributed by atoms with Gasteiger partial charge >= 0.3 is 0 Å². The van der Waals surface area contributed by atoms with Crippen molar-refractivity contribution in [1.82, 2.24) is 25.3 Å². The molecule has 1 amide bonds. The minimum atomic E-state index is -0.253. The molecular formula is C17H14N6O. The first-order valence-corrected chi connectivity index (χ1v) is 7.36. The fourth-order valence-corrected chi connectivity index (χ4v) is 2.17. The van der Waals surface area contributed by atoms with Crippen molar-refractivity contribution in [2.24, 2.45) is 0 Å². The van der Waals surface area contributed by atoms with Crippen LogP contribution in [0.2, 0.25) is 0 Å². The minimum Gasteiger partial charge on any atom is -0.350 e. The number of rotatable bonds is 5. The summed E-state index contributed by atoms with van der Waals surface area (Å²) in [7, 11) is 0. The van der Waals surface area contributed by atoms with E-state index >= 15 is 0 Å². The van der Waals surface area contributed by atoms with Crippen LogP contribution in [0.25, 0.3) is 11.3 Å². The van der Waals surface area contributed by atoms with Crippen LogP contribution in [0, 0.1) is 11.3 Å². The Kier molecular flexibility index (Phi) is 4.58. The van der Waals surface area contributed by atoms with Crippen molar-refractivity contribution in [3.8, 4) is 17.3 Å². The van der Waals surface area contributed by atoms with Gasteiger partial charge in [0.05, 0.1) is 12.7 Å². The first kappa shape index (κ1) is 15.4. The molecule has 0 saturated carbocycles. The Balaban J connectivity index is 1.56. The molecule has 0 fully saturated rings. The van der Waals surface area contributed by atoms with Crippen molar-refractivity contribution in [3.63, 3.8) is 0 Å². The monoisotopic (exact) mass is 318 g/mol. The number of carbonyl (C=O) groups excluding carboxylic acids is 1. The number of amides is 1. The number of pyridine rings is 1. The summed E-state index contributed by atoms with van der Waals surface area (Å²) in [4.78, 5) is 15.9. The largest absolute Gasteiger partial charge is 0.350 e. The van der Waals surface area contributed by atoms with E-state index < -0.39 is 0 Å². The van der Waals surface area contributed by atoms with Gasteiger partial charge in [0.2, 0.25) is 0 Å². The highest BCUT2D eigenvalue weighted by atomic mass is 16.1. The molecule has 3 aromatic rings. The molecule has 0 spiro atoms. The Morgan fingerprint density at radius 1 is 1.25 bits per heavy atom. The third-order valence-corrected chi connectivity index (χ3v) is 3.37. The van der Waals surface area contributed by atoms with Crippen LogP contribution in [0.1, 0.15) is 16.1 Å². The Morgan fingerprint density at radius 3 is 2.88 bits per heavy atom. The second-order valence-corrected chi connectivity index (χ2v) is 5.03. The van der Waals surface area contributed by atoms with E-state index in [0.717, 1.165) is 11.3 Å². The van der Waals surface area contributed by atoms with Gasteiger partial charge in [-0.2, -0.15) is 5.26 Å². The van der Waals surface area contributed by atoms with E-state index in [1.807, 2.05) is 42.6 Å². The molecule has 1 N–H and O–H groups in total. The molecule has 2 aromatic heterocycles. The molecule has 7 nitrogen and oxygen atoms in total. The van der Waals surface area contributed by atoms with Gasteiger partial charge in [0.1, 0.15) is 17.5 Å². The van der Waals surface area contributed by atoms with Gasteiger partial charge in [-0.3, -0.25) is 9.48 Å². The third kappa shape index (κ3) is 3.62. The molecular weight excluding hydrogens is 304 g/mol. The van der Waals surface area contributed by atoms with Crippen LogP contribution < -0.4 is 5.32 Å². The molecule has 0 radical (unpaired) electrons. The predicted octanol–water partition coefficient (Wildman–Crippen LogP) is 1.64. The first-order valence-electron chi connectivity index (χ1n) is 7.36. The van der Waals surface area contributed by atoms with Crippen molar-refractivity contribution < 1.29 is 4.79 Å². The molecule has 7 heteroatoms. The lowest BCUT2D eigenvalue weighted by atomic mass is 10.2. The SMILES string of the molecule is N#Cc1cc(C(=O)NCCn2cc(-c3ccccc3)nn2)ccn1. The molecule has 2 heterocycles.